The highest BCUT2D eigenvalue weighted by Gasteiger charge is 2.26. The second-order valence-corrected chi connectivity index (χ2v) is 5.55. The lowest BCUT2D eigenvalue weighted by Crippen LogP contribution is -2.02. The van der Waals surface area contributed by atoms with Gasteiger partial charge in [-0.3, -0.25) is 0 Å². The van der Waals surface area contributed by atoms with E-state index in [0.717, 1.165) is 29.7 Å². The highest BCUT2D eigenvalue weighted by Crippen LogP contribution is 2.42. The van der Waals surface area contributed by atoms with Gasteiger partial charge in [0.2, 0.25) is 0 Å². The highest BCUT2D eigenvalue weighted by atomic mass is 35.5. The molecule has 2 aliphatic rings. The first-order valence-electron chi connectivity index (χ1n) is 6.20. The zero-order valence-electron chi connectivity index (χ0n) is 9.63. The van der Waals surface area contributed by atoms with Crippen molar-refractivity contribution in [1.29, 1.82) is 0 Å². The Morgan fingerprint density at radius 3 is 2.88 bits per heavy atom. The first kappa shape index (κ1) is 10.5. The lowest BCUT2D eigenvalue weighted by Gasteiger charge is -2.13. The van der Waals surface area contributed by atoms with Crippen molar-refractivity contribution in [3.05, 3.63) is 28.3 Å². The molecule has 1 atom stereocenters. The average molecular weight is 237 g/mol. The van der Waals surface area contributed by atoms with Gasteiger partial charge in [-0.15, -0.1) is 0 Å². The van der Waals surface area contributed by atoms with Crippen molar-refractivity contribution in [3.8, 4) is 5.75 Å². The molecule has 2 aliphatic carbocycles. The van der Waals surface area contributed by atoms with Gasteiger partial charge in [-0.2, -0.15) is 0 Å². The van der Waals surface area contributed by atoms with Gasteiger partial charge in [0.1, 0.15) is 5.75 Å². The van der Waals surface area contributed by atoms with Gasteiger partial charge in [-0.1, -0.05) is 24.6 Å². The lowest BCUT2D eigenvalue weighted by atomic mass is 10.0. The van der Waals surface area contributed by atoms with Crippen molar-refractivity contribution in [2.75, 3.05) is 6.61 Å². The van der Waals surface area contributed by atoms with Gasteiger partial charge in [0.25, 0.3) is 0 Å². The smallest absolute Gasteiger partial charge is 0.141 e. The van der Waals surface area contributed by atoms with Crippen molar-refractivity contribution in [2.45, 2.75) is 38.5 Å². The van der Waals surface area contributed by atoms with Crippen LogP contribution in [-0.4, -0.2) is 6.61 Å². The molecule has 86 valence electrons. The number of ether oxygens (including phenoxy) is 1. The average Bonchev–Trinajstić information content (AvgIpc) is 3.02. The van der Waals surface area contributed by atoms with Gasteiger partial charge in [-0.25, -0.2) is 0 Å². The van der Waals surface area contributed by atoms with Crippen LogP contribution in [0, 0.1) is 5.92 Å². The first-order chi connectivity index (χ1) is 7.75. The summed E-state index contributed by atoms with van der Waals surface area (Å²) in [5.74, 6) is 2.41. The Bertz CT molecular complexity index is 409. The second-order valence-electron chi connectivity index (χ2n) is 5.14. The van der Waals surface area contributed by atoms with Gasteiger partial charge in [0, 0.05) is 0 Å². The molecule has 0 spiro atoms. The van der Waals surface area contributed by atoms with Crippen LogP contribution in [0.5, 0.6) is 5.75 Å². The molecule has 2 heteroatoms. The third-order valence-electron chi connectivity index (χ3n) is 3.77. The quantitative estimate of drug-likeness (QED) is 0.765. The Morgan fingerprint density at radius 1 is 1.31 bits per heavy atom. The van der Waals surface area contributed by atoms with E-state index in [1.54, 1.807) is 0 Å². The fourth-order valence-electron chi connectivity index (χ4n) is 2.49. The number of hydrogen-bond donors (Lipinski definition) is 0. The minimum atomic E-state index is 0.663. The molecule has 1 aromatic rings. The minimum absolute atomic E-state index is 0.663. The molecule has 0 amide bonds. The van der Waals surface area contributed by atoms with Crippen LogP contribution in [0.25, 0.3) is 0 Å². The zero-order chi connectivity index (χ0) is 11.1. The summed E-state index contributed by atoms with van der Waals surface area (Å²) < 4.78 is 5.92. The van der Waals surface area contributed by atoms with Crippen LogP contribution in [0.15, 0.2) is 12.1 Å². The predicted molar refractivity (Wildman–Crippen MR) is 66.4 cm³/mol. The molecule has 0 radical (unpaired) electrons. The number of rotatable bonds is 3. The van der Waals surface area contributed by atoms with E-state index in [1.807, 2.05) is 6.07 Å². The molecule has 0 bridgehead atoms. The second kappa shape index (κ2) is 3.96. The summed E-state index contributed by atoms with van der Waals surface area (Å²) >= 11 is 6.23. The fourth-order valence-corrected chi connectivity index (χ4v) is 2.72. The standard InChI is InChI=1S/C14H17ClO/c1-9-2-5-12-11(9)6-7-13(15)14(12)16-8-10-3-4-10/h6-7,9-10H,2-5,8H2,1H3/t9-/m0/s1. The molecule has 0 heterocycles. The summed E-state index contributed by atoms with van der Waals surface area (Å²) in [4.78, 5) is 0. The molecule has 16 heavy (non-hydrogen) atoms. The Kier molecular flexibility index (Phi) is 2.59. The zero-order valence-corrected chi connectivity index (χ0v) is 10.4. The van der Waals surface area contributed by atoms with Crippen LogP contribution < -0.4 is 4.74 Å². The summed E-state index contributed by atoms with van der Waals surface area (Å²) in [5.41, 5.74) is 2.80. The topological polar surface area (TPSA) is 9.23 Å². The fraction of sp³-hybridized carbons (Fsp3) is 0.571. The van der Waals surface area contributed by atoms with E-state index in [0.29, 0.717) is 5.92 Å². The molecule has 1 saturated carbocycles. The molecule has 1 nitrogen and oxygen atoms in total. The molecule has 0 N–H and O–H groups in total. The molecular weight excluding hydrogens is 220 g/mol. The monoisotopic (exact) mass is 236 g/mol. The maximum Gasteiger partial charge on any atom is 0.141 e. The maximum atomic E-state index is 6.23. The summed E-state index contributed by atoms with van der Waals surface area (Å²) in [7, 11) is 0. The van der Waals surface area contributed by atoms with E-state index in [1.165, 1.54) is 30.4 Å². The first-order valence-corrected chi connectivity index (χ1v) is 6.57. The Labute approximate surface area is 102 Å². The van der Waals surface area contributed by atoms with Gasteiger partial charge in [-0.05, 0) is 54.7 Å². The van der Waals surface area contributed by atoms with Crippen LogP contribution in [-0.2, 0) is 6.42 Å². The van der Waals surface area contributed by atoms with E-state index in [4.69, 9.17) is 16.3 Å². The van der Waals surface area contributed by atoms with Crippen LogP contribution in [0.1, 0.15) is 43.2 Å². The van der Waals surface area contributed by atoms with Gasteiger partial charge < -0.3 is 4.74 Å². The summed E-state index contributed by atoms with van der Waals surface area (Å²) in [5, 5.41) is 0.786. The van der Waals surface area contributed by atoms with E-state index in [2.05, 4.69) is 13.0 Å². The molecule has 0 aliphatic heterocycles. The third-order valence-corrected chi connectivity index (χ3v) is 4.06. The van der Waals surface area contributed by atoms with Crippen molar-refractivity contribution in [3.63, 3.8) is 0 Å². The summed E-state index contributed by atoms with van der Waals surface area (Å²) in [6, 6.07) is 4.16. The lowest BCUT2D eigenvalue weighted by molar-refractivity contribution is 0.297. The van der Waals surface area contributed by atoms with Crippen LogP contribution >= 0.6 is 11.6 Å². The normalized spacial score (nSPS) is 23.2. The van der Waals surface area contributed by atoms with Crippen molar-refractivity contribution in [1.82, 2.24) is 0 Å². The van der Waals surface area contributed by atoms with Crippen LogP contribution in [0.4, 0.5) is 0 Å². The van der Waals surface area contributed by atoms with E-state index in [9.17, 15) is 0 Å². The van der Waals surface area contributed by atoms with Gasteiger partial charge in [0.05, 0.1) is 11.6 Å². The Hall–Kier alpha value is -0.690. The maximum absolute atomic E-state index is 6.23. The molecule has 0 saturated heterocycles. The number of hydrogen-bond acceptors (Lipinski definition) is 1. The van der Waals surface area contributed by atoms with E-state index >= 15 is 0 Å². The van der Waals surface area contributed by atoms with Gasteiger partial charge >= 0.3 is 0 Å². The van der Waals surface area contributed by atoms with Crippen LogP contribution in [0.3, 0.4) is 0 Å². The molecule has 0 unspecified atom stereocenters. The van der Waals surface area contributed by atoms with Crippen LogP contribution in [0.2, 0.25) is 5.02 Å². The molecule has 1 aromatic carbocycles. The Balaban J connectivity index is 1.89. The molecule has 3 rings (SSSR count). The number of halogens is 1. The SMILES string of the molecule is C[C@H]1CCc2c1ccc(Cl)c2OCC1CC1. The van der Waals surface area contributed by atoms with E-state index < -0.39 is 0 Å². The predicted octanol–water partition coefficient (Wildman–Crippen LogP) is 4.18. The minimum Gasteiger partial charge on any atom is -0.491 e. The largest absolute Gasteiger partial charge is 0.491 e. The number of fused-ring (bicyclic) bond motifs is 1. The van der Waals surface area contributed by atoms with Crippen molar-refractivity contribution < 1.29 is 4.74 Å². The van der Waals surface area contributed by atoms with Gasteiger partial charge in [0.15, 0.2) is 0 Å². The molecular formula is C14H17ClO. The Morgan fingerprint density at radius 2 is 2.12 bits per heavy atom. The highest BCUT2D eigenvalue weighted by molar-refractivity contribution is 6.32. The van der Waals surface area contributed by atoms with Crippen molar-refractivity contribution >= 4 is 11.6 Å². The molecule has 0 aromatic heterocycles. The summed E-state index contributed by atoms with van der Waals surface area (Å²) in [6.07, 6.45) is 5.00. The summed E-state index contributed by atoms with van der Waals surface area (Å²) in [6.45, 7) is 3.13. The van der Waals surface area contributed by atoms with E-state index in [-0.39, 0.29) is 0 Å². The molecule has 1 fully saturated rings. The third kappa shape index (κ3) is 1.82. The van der Waals surface area contributed by atoms with Crippen molar-refractivity contribution in [2.24, 2.45) is 5.92 Å². The number of benzene rings is 1.